The molecule has 2 heterocycles. The molecule has 1 atom stereocenters. The Bertz CT molecular complexity index is 623. The van der Waals surface area contributed by atoms with Gasteiger partial charge in [-0.05, 0) is 26.7 Å². The molecule has 2 rings (SSSR count). The summed E-state index contributed by atoms with van der Waals surface area (Å²) in [7, 11) is 3.29. The van der Waals surface area contributed by atoms with E-state index in [0.29, 0.717) is 25.1 Å². The first-order valence-corrected chi connectivity index (χ1v) is 7.94. The van der Waals surface area contributed by atoms with Crippen LogP contribution >= 0.6 is 0 Å². The zero-order valence-electron chi connectivity index (χ0n) is 14.7. The number of carbonyl (C=O) groups is 2. The van der Waals surface area contributed by atoms with E-state index in [9.17, 15) is 14.7 Å². The van der Waals surface area contributed by atoms with E-state index in [2.05, 4.69) is 5.10 Å². The van der Waals surface area contributed by atoms with Crippen LogP contribution in [0.15, 0.2) is 0 Å². The lowest BCUT2D eigenvalue weighted by Gasteiger charge is -2.39. The Morgan fingerprint density at radius 3 is 2.62 bits per heavy atom. The molecule has 24 heavy (non-hydrogen) atoms. The maximum absolute atomic E-state index is 12.5. The minimum absolute atomic E-state index is 0.0911. The highest BCUT2D eigenvalue weighted by atomic mass is 16.5. The van der Waals surface area contributed by atoms with Gasteiger partial charge in [-0.3, -0.25) is 14.3 Å². The fraction of sp³-hybridized carbons (Fsp3) is 0.688. The summed E-state index contributed by atoms with van der Waals surface area (Å²) in [5, 5.41) is 13.8. The molecule has 0 spiro atoms. The van der Waals surface area contributed by atoms with Crippen molar-refractivity contribution in [1.82, 2.24) is 14.7 Å². The summed E-state index contributed by atoms with van der Waals surface area (Å²) in [6, 6.07) is 0. The normalized spacial score (nSPS) is 20.9. The van der Waals surface area contributed by atoms with Gasteiger partial charge >= 0.3 is 5.97 Å². The van der Waals surface area contributed by atoms with Crippen LogP contribution in [0.3, 0.4) is 0 Å². The Morgan fingerprint density at radius 2 is 2.08 bits per heavy atom. The number of carboxylic acids is 1. The molecule has 1 aromatic rings. The Morgan fingerprint density at radius 1 is 1.38 bits per heavy atom. The number of aliphatic carboxylic acids is 1. The lowest BCUT2D eigenvalue weighted by molar-refractivity contribution is -0.159. The van der Waals surface area contributed by atoms with E-state index in [4.69, 9.17) is 9.47 Å². The maximum Gasteiger partial charge on any atom is 0.313 e. The zero-order chi connectivity index (χ0) is 17.9. The second kappa shape index (κ2) is 7.21. The molecule has 1 aromatic heterocycles. The summed E-state index contributed by atoms with van der Waals surface area (Å²) in [6.07, 6.45) is 1.13. The first kappa shape index (κ1) is 18.3. The third-order valence-electron chi connectivity index (χ3n) is 4.59. The number of amides is 1. The van der Waals surface area contributed by atoms with Crippen molar-refractivity contribution in [2.45, 2.75) is 26.7 Å². The third-order valence-corrected chi connectivity index (χ3v) is 4.59. The van der Waals surface area contributed by atoms with Crippen molar-refractivity contribution in [3.63, 3.8) is 0 Å². The van der Waals surface area contributed by atoms with Crippen LogP contribution < -0.4 is 4.74 Å². The number of aromatic nitrogens is 2. The largest absolute Gasteiger partial charge is 0.481 e. The standard InChI is InChI=1S/C16H25N3O5/c1-11-14(12(2)18(3)17-11)24-8-13(20)19-7-5-6-16(9-19,10-23-4)15(21)22/h5-10H2,1-4H3,(H,21,22). The van der Waals surface area contributed by atoms with E-state index in [1.807, 2.05) is 20.9 Å². The Labute approximate surface area is 141 Å². The molecule has 1 aliphatic rings. The Hall–Kier alpha value is -2.09. The zero-order valence-corrected chi connectivity index (χ0v) is 14.7. The van der Waals surface area contributed by atoms with Gasteiger partial charge in [-0.15, -0.1) is 0 Å². The number of carbonyl (C=O) groups excluding carboxylic acids is 1. The average Bonchev–Trinajstić information content (AvgIpc) is 2.78. The summed E-state index contributed by atoms with van der Waals surface area (Å²) >= 11 is 0. The number of hydrogen-bond donors (Lipinski definition) is 1. The van der Waals surface area contributed by atoms with Crippen molar-refractivity contribution in [3.8, 4) is 5.75 Å². The monoisotopic (exact) mass is 339 g/mol. The summed E-state index contributed by atoms with van der Waals surface area (Å²) in [6.45, 7) is 4.33. The van der Waals surface area contributed by atoms with Crippen molar-refractivity contribution in [2.24, 2.45) is 12.5 Å². The Balaban J connectivity index is 2.03. The van der Waals surface area contributed by atoms with Crippen LogP contribution in [-0.4, -0.2) is 65.1 Å². The molecule has 0 radical (unpaired) electrons. The predicted molar refractivity (Wildman–Crippen MR) is 85.9 cm³/mol. The van der Waals surface area contributed by atoms with Gasteiger partial charge in [0, 0.05) is 27.2 Å². The number of carboxylic acid groups (broad SMARTS) is 1. The first-order valence-electron chi connectivity index (χ1n) is 7.94. The second-order valence-corrected chi connectivity index (χ2v) is 6.35. The molecule has 1 N–H and O–H groups in total. The van der Waals surface area contributed by atoms with E-state index < -0.39 is 11.4 Å². The molecule has 1 fully saturated rings. The van der Waals surface area contributed by atoms with Gasteiger partial charge in [-0.25, -0.2) is 0 Å². The van der Waals surface area contributed by atoms with Gasteiger partial charge < -0.3 is 19.5 Å². The highest BCUT2D eigenvalue weighted by Gasteiger charge is 2.43. The van der Waals surface area contributed by atoms with Crippen LogP contribution in [0.5, 0.6) is 5.75 Å². The van der Waals surface area contributed by atoms with Crippen LogP contribution in [-0.2, 0) is 21.4 Å². The van der Waals surface area contributed by atoms with E-state index in [-0.39, 0.29) is 25.7 Å². The van der Waals surface area contributed by atoms with Gasteiger partial charge in [0.05, 0.1) is 12.3 Å². The number of rotatable bonds is 6. The fourth-order valence-corrected chi connectivity index (χ4v) is 3.16. The smallest absolute Gasteiger partial charge is 0.313 e. The first-order chi connectivity index (χ1) is 11.3. The van der Waals surface area contributed by atoms with Crippen LogP contribution in [0.1, 0.15) is 24.2 Å². The molecule has 1 aliphatic heterocycles. The van der Waals surface area contributed by atoms with Crippen molar-refractivity contribution in [1.29, 1.82) is 0 Å². The SMILES string of the molecule is COCC1(C(=O)O)CCCN(C(=O)COc2c(C)nn(C)c2C)C1. The van der Waals surface area contributed by atoms with E-state index in [0.717, 1.165) is 11.4 Å². The lowest BCUT2D eigenvalue weighted by atomic mass is 9.80. The van der Waals surface area contributed by atoms with Gasteiger partial charge in [-0.2, -0.15) is 5.10 Å². The Kier molecular flexibility index (Phi) is 5.48. The highest BCUT2D eigenvalue weighted by molar-refractivity contribution is 5.80. The molecule has 0 bridgehead atoms. The second-order valence-electron chi connectivity index (χ2n) is 6.35. The topological polar surface area (TPSA) is 93.9 Å². The van der Waals surface area contributed by atoms with Crippen LogP contribution in [0.4, 0.5) is 0 Å². The minimum atomic E-state index is -1.04. The number of methoxy groups -OCH3 is 1. The molecular formula is C16H25N3O5. The van der Waals surface area contributed by atoms with Gasteiger partial charge in [0.25, 0.3) is 5.91 Å². The van der Waals surface area contributed by atoms with Gasteiger partial charge in [0.1, 0.15) is 11.1 Å². The minimum Gasteiger partial charge on any atom is -0.481 e. The summed E-state index contributed by atoms with van der Waals surface area (Å²) in [5.41, 5.74) is 0.530. The summed E-state index contributed by atoms with van der Waals surface area (Å²) in [5.74, 6) is -0.551. The molecule has 1 unspecified atom stereocenters. The molecule has 1 saturated heterocycles. The van der Waals surface area contributed by atoms with Crippen molar-refractivity contribution in [3.05, 3.63) is 11.4 Å². The number of hydrogen-bond acceptors (Lipinski definition) is 5. The molecule has 8 heteroatoms. The molecule has 0 saturated carbocycles. The average molecular weight is 339 g/mol. The van der Waals surface area contributed by atoms with Crippen molar-refractivity contribution >= 4 is 11.9 Å². The van der Waals surface area contributed by atoms with Crippen LogP contribution in [0, 0.1) is 19.3 Å². The summed E-state index contributed by atoms with van der Waals surface area (Å²) < 4.78 is 12.4. The van der Waals surface area contributed by atoms with E-state index in [1.165, 1.54) is 7.11 Å². The molecule has 8 nitrogen and oxygen atoms in total. The highest BCUT2D eigenvalue weighted by Crippen LogP contribution is 2.31. The van der Waals surface area contributed by atoms with Gasteiger partial charge in [-0.1, -0.05) is 0 Å². The third kappa shape index (κ3) is 3.53. The molecule has 0 aromatic carbocycles. The number of piperidine rings is 1. The number of likely N-dealkylation sites (tertiary alicyclic amines) is 1. The maximum atomic E-state index is 12.5. The quantitative estimate of drug-likeness (QED) is 0.822. The van der Waals surface area contributed by atoms with Crippen LogP contribution in [0.2, 0.25) is 0 Å². The van der Waals surface area contributed by atoms with Gasteiger partial charge in [0.2, 0.25) is 0 Å². The molecule has 0 aliphatic carbocycles. The van der Waals surface area contributed by atoms with Crippen molar-refractivity contribution in [2.75, 3.05) is 33.4 Å². The number of aryl methyl sites for hydroxylation is 2. The van der Waals surface area contributed by atoms with Gasteiger partial charge in [0.15, 0.2) is 12.4 Å². The molecule has 1 amide bonds. The van der Waals surface area contributed by atoms with E-state index in [1.54, 1.807) is 9.58 Å². The van der Waals surface area contributed by atoms with E-state index >= 15 is 0 Å². The predicted octanol–water partition coefficient (Wildman–Crippen LogP) is 0.756. The number of nitrogens with zero attached hydrogens (tertiary/aromatic N) is 3. The lowest BCUT2D eigenvalue weighted by Crippen LogP contribution is -2.53. The summed E-state index contributed by atoms with van der Waals surface area (Å²) in [4.78, 5) is 25.7. The molecule has 134 valence electrons. The van der Waals surface area contributed by atoms with Crippen molar-refractivity contribution < 1.29 is 24.2 Å². The molecular weight excluding hydrogens is 314 g/mol. The van der Waals surface area contributed by atoms with Crippen LogP contribution in [0.25, 0.3) is 0 Å². The number of ether oxygens (including phenoxy) is 2. The fourth-order valence-electron chi connectivity index (χ4n) is 3.16.